The highest BCUT2D eigenvalue weighted by molar-refractivity contribution is 5.72. The Bertz CT molecular complexity index is 540. The van der Waals surface area contributed by atoms with Crippen LogP contribution in [0.15, 0.2) is 0 Å². The lowest BCUT2D eigenvalue weighted by Crippen LogP contribution is -2.42. The fourth-order valence-corrected chi connectivity index (χ4v) is 3.28. The topological polar surface area (TPSA) is 145 Å². The van der Waals surface area contributed by atoms with Gasteiger partial charge in [-0.1, -0.05) is 58.3 Å². The molecule has 0 spiro atoms. The second-order valence-corrected chi connectivity index (χ2v) is 7.97. The normalized spacial score (nSPS) is 11.1. The maximum atomic E-state index is 11.9. The van der Waals surface area contributed by atoms with Gasteiger partial charge in [-0.25, -0.2) is 0 Å². The Morgan fingerprint density at radius 2 is 1.06 bits per heavy atom. The minimum Gasteiger partial charge on any atom is -0.480 e. The molecule has 0 aromatic heterocycles. The fourth-order valence-electron chi connectivity index (χ4n) is 3.28. The van der Waals surface area contributed by atoms with Crippen molar-refractivity contribution in [3.8, 4) is 0 Å². The largest absolute Gasteiger partial charge is 0.480 e. The summed E-state index contributed by atoms with van der Waals surface area (Å²) in [5.74, 6) is -3.72. The number of esters is 1. The van der Waals surface area contributed by atoms with Crippen LogP contribution in [0, 0.1) is 0 Å². The fraction of sp³-hybridized carbons (Fsp3) is 0.818. The monoisotopic (exact) mass is 460 g/mol. The van der Waals surface area contributed by atoms with Crippen molar-refractivity contribution >= 4 is 23.9 Å². The Morgan fingerprint density at radius 3 is 1.56 bits per heavy atom. The lowest BCUT2D eigenvalue weighted by Gasteiger charge is -2.24. The van der Waals surface area contributed by atoms with E-state index in [2.05, 4.69) is 6.92 Å². The molecule has 0 bridgehead atoms. The van der Waals surface area contributed by atoms with Crippen molar-refractivity contribution in [1.82, 2.24) is 9.80 Å². The third kappa shape index (κ3) is 19.7. The van der Waals surface area contributed by atoms with Gasteiger partial charge in [0.2, 0.25) is 0 Å². The first-order valence-electron chi connectivity index (χ1n) is 11.5. The van der Waals surface area contributed by atoms with E-state index in [1.807, 2.05) is 0 Å². The van der Waals surface area contributed by atoms with Gasteiger partial charge in [-0.2, -0.15) is 0 Å². The molecule has 3 N–H and O–H groups in total. The molecule has 0 aromatic carbocycles. The van der Waals surface area contributed by atoms with Gasteiger partial charge in [0.1, 0.15) is 6.61 Å². The van der Waals surface area contributed by atoms with Crippen molar-refractivity contribution in [2.75, 3.05) is 45.9 Å². The Balaban J connectivity index is 4.11. The van der Waals surface area contributed by atoms with Gasteiger partial charge in [-0.05, 0) is 6.42 Å². The van der Waals surface area contributed by atoms with E-state index in [-0.39, 0.29) is 38.8 Å². The molecule has 0 atom stereocenters. The van der Waals surface area contributed by atoms with Crippen molar-refractivity contribution < 1.29 is 39.2 Å². The first-order chi connectivity index (χ1) is 15.2. The molecule has 0 radical (unpaired) electrons. The predicted octanol–water partition coefficient (Wildman–Crippen LogP) is 2.31. The van der Waals surface area contributed by atoms with E-state index in [0.717, 1.165) is 19.3 Å². The van der Waals surface area contributed by atoms with Crippen LogP contribution in [-0.4, -0.2) is 94.9 Å². The van der Waals surface area contributed by atoms with Crippen molar-refractivity contribution in [3.05, 3.63) is 0 Å². The Hall–Kier alpha value is -2.20. The standard InChI is InChI=1S/C22H40N2O8/c1-2-3-4-5-6-7-8-9-10-11-22(31)32-15-14-23(16-19(25)26)12-13-24(17-20(27)28)18-21(29)30/h2-18H2,1H3,(H,25,26)(H,27,28)(H,29,30). The molecular weight excluding hydrogens is 420 g/mol. The first kappa shape index (κ1) is 29.8. The average molecular weight is 461 g/mol. The van der Waals surface area contributed by atoms with Gasteiger partial charge >= 0.3 is 23.9 Å². The molecule has 0 rings (SSSR count). The van der Waals surface area contributed by atoms with E-state index in [4.69, 9.17) is 20.1 Å². The van der Waals surface area contributed by atoms with E-state index in [0.29, 0.717) is 6.42 Å². The summed E-state index contributed by atoms with van der Waals surface area (Å²) >= 11 is 0. The number of aliphatic carboxylic acids is 3. The molecular formula is C22H40N2O8. The van der Waals surface area contributed by atoms with Crippen LogP contribution in [-0.2, 0) is 23.9 Å². The van der Waals surface area contributed by atoms with E-state index in [1.165, 1.54) is 48.3 Å². The van der Waals surface area contributed by atoms with Crippen molar-refractivity contribution in [1.29, 1.82) is 0 Å². The van der Waals surface area contributed by atoms with Crippen molar-refractivity contribution in [2.45, 2.75) is 71.1 Å². The molecule has 0 fully saturated rings. The molecule has 0 aliphatic rings. The molecule has 186 valence electrons. The SMILES string of the molecule is CCCCCCCCCCCC(=O)OCCN(CCN(CC(=O)O)CC(=O)O)CC(=O)O. The molecule has 0 heterocycles. The summed E-state index contributed by atoms with van der Waals surface area (Å²) < 4.78 is 5.19. The third-order valence-electron chi connectivity index (χ3n) is 4.96. The van der Waals surface area contributed by atoms with Crippen LogP contribution in [0.5, 0.6) is 0 Å². The average Bonchev–Trinajstić information content (AvgIpc) is 2.69. The number of carboxylic acid groups (broad SMARTS) is 3. The molecule has 0 aromatic rings. The van der Waals surface area contributed by atoms with E-state index < -0.39 is 31.0 Å². The minimum absolute atomic E-state index is 0.0292. The molecule has 0 saturated heterocycles. The second kappa shape index (κ2) is 19.5. The number of ether oxygens (including phenoxy) is 1. The highest BCUT2D eigenvalue weighted by atomic mass is 16.5. The Kier molecular flexibility index (Phi) is 18.1. The highest BCUT2D eigenvalue weighted by Gasteiger charge is 2.17. The van der Waals surface area contributed by atoms with Crippen LogP contribution in [0.4, 0.5) is 0 Å². The lowest BCUT2D eigenvalue weighted by molar-refractivity contribution is -0.146. The number of rotatable bonds is 22. The van der Waals surface area contributed by atoms with Gasteiger partial charge < -0.3 is 20.1 Å². The van der Waals surface area contributed by atoms with E-state index in [1.54, 1.807) is 0 Å². The van der Waals surface area contributed by atoms with Gasteiger partial charge in [-0.3, -0.25) is 29.0 Å². The van der Waals surface area contributed by atoms with Crippen LogP contribution >= 0.6 is 0 Å². The quantitative estimate of drug-likeness (QED) is 0.162. The van der Waals surface area contributed by atoms with E-state index >= 15 is 0 Å². The van der Waals surface area contributed by atoms with Crippen LogP contribution in [0.25, 0.3) is 0 Å². The number of carboxylic acids is 3. The lowest BCUT2D eigenvalue weighted by atomic mass is 10.1. The molecule has 10 nitrogen and oxygen atoms in total. The summed E-state index contributed by atoms with van der Waals surface area (Å²) in [5, 5.41) is 26.8. The summed E-state index contributed by atoms with van der Waals surface area (Å²) in [7, 11) is 0. The number of unbranched alkanes of at least 4 members (excludes halogenated alkanes) is 8. The summed E-state index contributed by atoms with van der Waals surface area (Å²) in [5.41, 5.74) is 0. The van der Waals surface area contributed by atoms with Gasteiger partial charge in [0.15, 0.2) is 0 Å². The number of carbonyl (C=O) groups is 4. The van der Waals surface area contributed by atoms with Crippen molar-refractivity contribution in [2.24, 2.45) is 0 Å². The Labute approximate surface area is 190 Å². The Morgan fingerprint density at radius 1 is 0.625 bits per heavy atom. The zero-order valence-electron chi connectivity index (χ0n) is 19.3. The van der Waals surface area contributed by atoms with Crippen LogP contribution in [0.2, 0.25) is 0 Å². The molecule has 0 amide bonds. The number of carbonyl (C=O) groups excluding carboxylic acids is 1. The molecule has 10 heteroatoms. The third-order valence-corrected chi connectivity index (χ3v) is 4.96. The number of hydrogen-bond donors (Lipinski definition) is 3. The van der Waals surface area contributed by atoms with Crippen molar-refractivity contribution in [3.63, 3.8) is 0 Å². The summed E-state index contributed by atoms with van der Waals surface area (Å²) in [6.45, 7) is 1.37. The van der Waals surface area contributed by atoms with Crippen LogP contribution < -0.4 is 0 Å². The summed E-state index contributed by atoms with van der Waals surface area (Å²) in [4.78, 5) is 47.3. The molecule has 32 heavy (non-hydrogen) atoms. The zero-order valence-corrected chi connectivity index (χ0v) is 19.3. The van der Waals surface area contributed by atoms with Gasteiger partial charge in [0, 0.05) is 26.1 Å². The smallest absolute Gasteiger partial charge is 0.317 e. The van der Waals surface area contributed by atoms with Gasteiger partial charge in [0.05, 0.1) is 19.6 Å². The highest BCUT2D eigenvalue weighted by Crippen LogP contribution is 2.10. The number of nitrogens with zero attached hydrogens (tertiary/aromatic N) is 2. The van der Waals surface area contributed by atoms with E-state index in [9.17, 15) is 19.2 Å². The maximum Gasteiger partial charge on any atom is 0.317 e. The minimum atomic E-state index is -1.17. The first-order valence-corrected chi connectivity index (χ1v) is 11.5. The second-order valence-electron chi connectivity index (χ2n) is 7.97. The van der Waals surface area contributed by atoms with Gasteiger partial charge in [0.25, 0.3) is 0 Å². The molecule has 0 saturated carbocycles. The molecule has 0 unspecified atom stereocenters. The van der Waals surface area contributed by atoms with Gasteiger partial charge in [-0.15, -0.1) is 0 Å². The molecule has 0 aliphatic carbocycles. The predicted molar refractivity (Wildman–Crippen MR) is 119 cm³/mol. The maximum absolute atomic E-state index is 11.9. The number of hydrogen-bond acceptors (Lipinski definition) is 7. The van der Waals surface area contributed by atoms with Crippen LogP contribution in [0.1, 0.15) is 71.1 Å². The zero-order chi connectivity index (χ0) is 24.2. The van der Waals surface area contributed by atoms with Crippen LogP contribution in [0.3, 0.4) is 0 Å². The summed E-state index contributed by atoms with van der Waals surface area (Å²) in [6, 6.07) is 0. The summed E-state index contributed by atoms with van der Waals surface area (Å²) in [6.07, 6.45) is 10.7. The molecule has 0 aliphatic heterocycles.